The van der Waals surface area contributed by atoms with Gasteiger partial charge in [0.2, 0.25) is 0 Å². The van der Waals surface area contributed by atoms with Gasteiger partial charge in [-0.3, -0.25) is 4.79 Å². The monoisotopic (exact) mass is 251 g/mol. The zero-order chi connectivity index (χ0) is 12.3. The summed E-state index contributed by atoms with van der Waals surface area (Å²) >= 11 is 1.55. The van der Waals surface area contributed by atoms with Crippen molar-refractivity contribution in [3.05, 3.63) is 22.4 Å². The Balaban J connectivity index is 2.28. The highest BCUT2D eigenvalue weighted by Crippen LogP contribution is 2.42. The minimum absolute atomic E-state index is 0.0381. The normalized spacial score (nSPS) is 24.8. The molecular weight excluding hydrogens is 236 g/mol. The molecule has 0 radical (unpaired) electrons. The topological polar surface area (TPSA) is 57.2 Å². The van der Waals surface area contributed by atoms with Crippen LogP contribution >= 0.6 is 11.3 Å². The van der Waals surface area contributed by atoms with Gasteiger partial charge in [0.25, 0.3) is 0 Å². The van der Waals surface area contributed by atoms with Gasteiger partial charge in [0.1, 0.15) is 5.78 Å². The van der Waals surface area contributed by atoms with Crippen molar-refractivity contribution >= 4 is 23.1 Å². The van der Waals surface area contributed by atoms with Gasteiger partial charge in [-0.15, -0.1) is 11.3 Å². The number of aliphatic carboxylic acids is 1. The lowest BCUT2D eigenvalue weighted by molar-refractivity contribution is -0.306. The number of carbonyl (C=O) groups excluding carboxylic acids is 2. The second-order valence-corrected chi connectivity index (χ2v) is 5.51. The molecule has 1 aliphatic rings. The largest absolute Gasteiger partial charge is 0.550 e. The highest BCUT2D eigenvalue weighted by molar-refractivity contribution is 7.10. The van der Waals surface area contributed by atoms with Crippen molar-refractivity contribution in [3.8, 4) is 0 Å². The molecule has 0 aliphatic heterocycles. The summed E-state index contributed by atoms with van der Waals surface area (Å²) in [5.41, 5.74) is -0.549. The third-order valence-corrected chi connectivity index (χ3v) is 4.61. The second-order valence-electron chi connectivity index (χ2n) is 4.56. The van der Waals surface area contributed by atoms with E-state index in [1.165, 1.54) is 0 Å². The molecule has 1 aliphatic carbocycles. The van der Waals surface area contributed by atoms with Crippen LogP contribution in [0.4, 0.5) is 0 Å². The first-order valence-electron chi connectivity index (χ1n) is 5.92. The fourth-order valence-corrected chi connectivity index (χ4v) is 3.61. The number of rotatable bonds is 4. The quantitative estimate of drug-likeness (QED) is 0.817. The number of hydrogen-bond donors (Lipinski definition) is 0. The lowest BCUT2D eigenvalue weighted by atomic mass is 9.69. The van der Waals surface area contributed by atoms with E-state index in [4.69, 9.17) is 0 Å². The Labute approximate surface area is 104 Å². The van der Waals surface area contributed by atoms with E-state index in [2.05, 4.69) is 0 Å². The summed E-state index contributed by atoms with van der Waals surface area (Å²) in [5, 5.41) is 12.6. The third-order valence-electron chi connectivity index (χ3n) is 3.54. The Bertz CT molecular complexity index is 410. The van der Waals surface area contributed by atoms with Gasteiger partial charge in [0.05, 0.1) is 5.41 Å². The SMILES string of the molecule is O=C([O-])CC[C@@]1(c2cccs2)CCCCC1=O. The van der Waals surface area contributed by atoms with Crippen LogP contribution in [0.1, 0.15) is 43.4 Å². The Morgan fingerprint density at radius 2 is 2.29 bits per heavy atom. The molecule has 0 saturated heterocycles. The second kappa shape index (κ2) is 5.00. The Kier molecular flexibility index (Phi) is 3.62. The highest BCUT2D eigenvalue weighted by Gasteiger charge is 2.41. The first-order valence-corrected chi connectivity index (χ1v) is 6.80. The van der Waals surface area contributed by atoms with Crippen LogP contribution in [0.3, 0.4) is 0 Å². The molecular formula is C13H15O3S-. The van der Waals surface area contributed by atoms with Crippen LogP contribution in [0.2, 0.25) is 0 Å². The maximum absolute atomic E-state index is 12.2. The molecule has 1 aromatic rings. The summed E-state index contributed by atoms with van der Waals surface area (Å²) in [6.07, 6.45) is 3.62. The van der Waals surface area contributed by atoms with Crippen LogP contribution in [-0.2, 0) is 15.0 Å². The maximum atomic E-state index is 12.2. The molecule has 1 saturated carbocycles. The molecule has 3 nitrogen and oxygen atoms in total. The van der Waals surface area contributed by atoms with Gasteiger partial charge >= 0.3 is 0 Å². The summed E-state index contributed by atoms with van der Waals surface area (Å²) in [6, 6.07) is 3.87. The predicted octanol–water partition coefficient (Wildman–Crippen LogP) is 1.66. The maximum Gasteiger partial charge on any atom is 0.144 e. The van der Waals surface area contributed by atoms with Gasteiger partial charge in [-0.1, -0.05) is 12.5 Å². The summed E-state index contributed by atoms with van der Waals surface area (Å²) in [5.74, 6) is -0.869. The van der Waals surface area contributed by atoms with Crippen molar-refractivity contribution in [2.45, 2.75) is 43.9 Å². The fourth-order valence-electron chi connectivity index (χ4n) is 2.61. The van der Waals surface area contributed by atoms with Crippen molar-refractivity contribution in [1.29, 1.82) is 0 Å². The molecule has 4 heteroatoms. The molecule has 0 spiro atoms. The van der Waals surface area contributed by atoms with Crippen LogP contribution in [-0.4, -0.2) is 11.8 Å². The standard InChI is InChI=1S/C13H16O3S/c14-10-4-1-2-7-13(10,8-6-12(15)16)11-5-3-9-17-11/h3,5,9H,1-2,4,6-8H2,(H,15,16)/p-1/t13-/m0/s1. The van der Waals surface area contributed by atoms with E-state index in [-0.39, 0.29) is 12.2 Å². The van der Waals surface area contributed by atoms with Crippen molar-refractivity contribution in [1.82, 2.24) is 0 Å². The molecule has 0 N–H and O–H groups in total. The first kappa shape index (κ1) is 12.3. The minimum Gasteiger partial charge on any atom is -0.550 e. The zero-order valence-corrected chi connectivity index (χ0v) is 10.4. The summed E-state index contributed by atoms with van der Waals surface area (Å²) in [7, 11) is 0. The van der Waals surface area contributed by atoms with Crippen LogP contribution in [0.25, 0.3) is 0 Å². The molecule has 17 heavy (non-hydrogen) atoms. The predicted molar refractivity (Wildman–Crippen MR) is 63.7 cm³/mol. The van der Waals surface area contributed by atoms with Crippen LogP contribution < -0.4 is 5.11 Å². The van der Waals surface area contributed by atoms with Gasteiger partial charge in [0, 0.05) is 17.3 Å². The molecule has 1 atom stereocenters. The zero-order valence-electron chi connectivity index (χ0n) is 9.61. The van der Waals surface area contributed by atoms with Gasteiger partial charge in [-0.2, -0.15) is 0 Å². The van der Waals surface area contributed by atoms with Crippen molar-refractivity contribution in [2.24, 2.45) is 0 Å². The van der Waals surface area contributed by atoms with Crippen LogP contribution in [0.15, 0.2) is 17.5 Å². The summed E-state index contributed by atoms with van der Waals surface area (Å²) in [4.78, 5) is 23.9. The third kappa shape index (κ3) is 2.41. The molecule has 1 heterocycles. The van der Waals surface area contributed by atoms with Crippen LogP contribution in [0, 0.1) is 0 Å². The van der Waals surface area contributed by atoms with Gasteiger partial charge < -0.3 is 9.90 Å². The summed E-state index contributed by atoms with van der Waals surface area (Å²) < 4.78 is 0. The smallest absolute Gasteiger partial charge is 0.144 e. The number of Topliss-reactive ketones (excluding diaryl/α,β-unsaturated/α-hetero) is 1. The lowest BCUT2D eigenvalue weighted by Gasteiger charge is -2.35. The molecule has 2 rings (SSSR count). The Morgan fingerprint density at radius 3 is 2.88 bits per heavy atom. The van der Waals surface area contributed by atoms with E-state index in [1.807, 2.05) is 17.5 Å². The number of carbonyl (C=O) groups is 2. The number of hydrogen-bond acceptors (Lipinski definition) is 4. The number of thiophene rings is 1. The summed E-state index contributed by atoms with van der Waals surface area (Å²) in [6.45, 7) is 0. The van der Waals surface area contributed by atoms with E-state index in [9.17, 15) is 14.7 Å². The van der Waals surface area contributed by atoms with E-state index < -0.39 is 11.4 Å². The minimum atomic E-state index is -1.07. The van der Waals surface area contributed by atoms with E-state index >= 15 is 0 Å². The molecule has 1 aromatic heterocycles. The average molecular weight is 251 g/mol. The molecule has 0 aromatic carbocycles. The van der Waals surface area contributed by atoms with E-state index in [1.54, 1.807) is 11.3 Å². The Morgan fingerprint density at radius 1 is 1.47 bits per heavy atom. The number of carboxylic acid groups (broad SMARTS) is 1. The van der Waals surface area contributed by atoms with Crippen molar-refractivity contribution in [3.63, 3.8) is 0 Å². The molecule has 1 fully saturated rings. The van der Waals surface area contributed by atoms with Gasteiger partial charge in [0.15, 0.2) is 0 Å². The van der Waals surface area contributed by atoms with Crippen molar-refractivity contribution in [2.75, 3.05) is 0 Å². The van der Waals surface area contributed by atoms with E-state index in [0.717, 1.165) is 24.1 Å². The molecule has 92 valence electrons. The molecule has 0 amide bonds. The highest BCUT2D eigenvalue weighted by atomic mass is 32.1. The van der Waals surface area contributed by atoms with Crippen molar-refractivity contribution < 1.29 is 14.7 Å². The molecule has 0 bridgehead atoms. The lowest BCUT2D eigenvalue weighted by Crippen LogP contribution is -2.39. The molecule has 0 unspecified atom stereocenters. The van der Waals surface area contributed by atoms with E-state index in [0.29, 0.717) is 12.8 Å². The Hall–Kier alpha value is -1.16. The van der Waals surface area contributed by atoms with Gasteiger partial charge in [-0.05, 0) is 37.1 Å². The fraction of sp³-hybridized carbons (Fsp3) is 0.538. The number of carboxylic acids is 1. The first-order chi connectivity index (χ1) is 8.15. The average Bonchev–Trinajstić information content (AvgIpc) is 2.82. The number of ketones is 1. The van der Waals surface area contributed by atoms with Crippen LogP contribution in [0.5, 0.6) is 0 Å². The van der Waals surface area contributed by atoms with Gasteiger partial charge in [-0.25, -0.2) is 0 Å².